The second-order valence-electron chi connectivity index (χ2n) is 4.53. The highest BCUT2D eigenvalue weighted by Gasteiger charge is 2.10. The van der Waals surface area contributed by atoms with Crippen molar-refractivity contribution in [2.45, 2.75) is 19.6 Å². The lowest BCUT2D eigenvalue weighted by Crippen LogP contribution is -2.12. The summed E-state index contributed by atoms with van der Waals surface area (Å²) in [6.45, 7) is 3.89. The van der Waals surface area contributed by atoms with Crippen molar-refractivity contribution in [3.63, 3.8) is 0 Å². The molecule has 0 fully saturated rings. The summed E-state index contributed by atoms with van der Waals surface area (Å²) in [6, 6.07) is 7.18. The van der Waals surface area contributed by atoms with Gasteiger partial charge in [-0.2, -0.15) is 0 Å². The van der Waals surface area contributed by atoms with Crippen LogP contribution in [-0.2, 0) is 16.6 Å². The molecule has 1 aromatic heterocycles. The van der Waals surface area contributed by atoms with Gasteiger partial charge in [0.1, 0.15) is 0 Å². The van der Waals surface area contributed by atoms with Crippen molar-refractivity contribution in [1.82, 2.24) is 4.98 Å². The lowest BCUT2D eigenvalue weighted by Gasteiger charge is -2.04. The highest BCUT2D eigenvalue weighted by molar-refractivity contribution is 7.83. The van der Waals surface area contributed by atoms with Gasteiger partial charge in [-0.15, -0.1) is 11.3 Å². The molecule has 1 aromatic carbocycles. The summed E-state index contributed by atoms with van der Waals surface area (Å²) >= 11 is 1.46. The highest BCUT2D eigenvalue weighted by Crippen LogP contribution is 2.21. The maximum atomic E-state index is 12.2. The average Bonchev–Trinajstić information content (AvgIpc) is 2.67. The number of benzene rings is 1. The van der Waals surface area contributed by atoms with E-state index in [1.807, 2.05) is 19.9 Å². The molecule has 0 spiro atoms. The Hall–Kier alpha value is -1.53. The van der Waals surface area contributed by atoms with E-state index in [9.17, 15) is 9.00 Å². The van der Waals surface area contributed by atoms with E-state index >= 15 is 0 Å². The number of thiazole rings is 1. The van der Waals surface area contributed by atoms with Gasteiger partial charge in [0.05, 0.1) is 5.69 Å². The van der Waals surface area contributed by atoms with Crippen LogP contribution in [0.15, 0.2) is 24.3 Å². The largest absolute Gasteiger partial charge is 0.298 e. The maximum Gasteiger partial charge on any atom is 0.257 e. The van der Waals surface area contributed by atoms with Crippen LogP contribution in [0.3, 0.4) is 0 Å². The molecular weight excluding hydrogens is 292 g/mol. The molecule has 0 saturated heterocycles. The number of nitrogens with one attached hydrogen (secondary N) is 1. The Bertz CT molecular complexity index is 645. The first-order chi connectivity index (χ1) is 9.45. The Morgan fingerprint density at radius 2 is 2.15 bits per heavy atom. The number of amides is 1. The molecule has 1 amide bonds. The number of nitrogens with zero attached hydrogens (tertiary/aromatic N) is 1. The van der Waals surface area contributed by atoms with E-state index in [4.69, 9.17) is 0 Å². The molecule has 0 aliphatic heterocycles. The Morgan fingerprint density at radius 3 is 2.75 bits per heavy atom. The minimum atomic E-state index is -0.918. The molecule has 1 heterocycles. The molecule has 1 N–H and O–H groups in total. The molecule has 6 heteroatoms. The number of aryl methyl sites for hydroxylation is 2. The van der Waals surface area contributed by atoms with E-state index in [-0.39, 0.29) is 5.91 Å². The SMILES string of the molecule is Cc1nc(NC(=O)c2cccc(CS(C)=O)c2)sc1C. The normalized spacial score (nSPS) is 12.2. The molecule has 0 saturated carbocycles. The molecule has 0 radical (unpaired) electrons. The fourth-order valence-electron chi connectivity index (χ4n) is 1.73. The van der Waals surface area contributed by atoms with Crippen LogP contribution in [0.25, 0.3) is 0 Å². The second kappa shape index (κ2) is 6.28. The molecule has 0 aliphatic rings. The zero-order valence-electron chi connectivity index (χ0n) is 11.6. The Morgan fingerprint density at radius 1 is 1.40 bits per heavy atom. The van der Waals surface area contributed by atoms with Gasteiger partial charge in [-0.25, -0.2) is 4.98 Å². The van der Waals surface area contributed by atoms with Crippen LogP contribution in [0.2, 0.25) is 0 Å². The highest BCUT2D eigenvalue weighted by atomic mass is 32.2. The zero-order valence-corrected chi connectivity index (χ0v) is 13.2. The number of hydrogen-bond acceptors (Lipinski definition) is 4. The van der Waals surface area contributed by atoms with Crippen molar-refractivity contribution in [3.05, 3.63) is 46.0 Å². The summed E-state index contributed by atoms with van der Waals surface area (Å²) in [4.78, 5) is 17.5. The van der Waals surface area contributed by atoms with Gasteiger partial charge in [-0.3, -0.25) is 14.3 Å². The number of anilines is 1. The first kappa shape index (κ1) is 14.9. The average molecular weight is 308 g/mol. The van der Waals surface area contributed by atoms with E-state index in [2.05, 4.69) is 10.3 Å². The lowest BCUT2D eigenvalue weighted by molar-refractivity contribution is 0.102. The van der Waals surface area contributed by atoms with Gasteiger partial charge >= 0.3 is 0 Å². The number of carbonyl (C=O) groups excluding carboxylic acids is 1. The van der Waals surface area contributed by atoms with Crippen LogP contribution in [0.1, 0.15) is 26.5 Å². The van der Waals surface area contributed by atoms with Crippen molar-refractivity contribution in [3.8, 4) is 0 Å². The summed E-state index contributed by atoms with van der Waals surface area (Å²) in [7, 11) is -0.918. The van der Waals surface area contributed by atoms with Crippen LogP contribution in [0.5, 0.6) is 0 Å². The number of aromatic nitrogens is 1. The molecule has 20 heavy (non-hydrogen) atoms. The van der Waals surface area contributed by atoms with Gasteiger partial charge in [0, 0.05) is 33.2 Å². The van der Waals surface area contributed by atoms with Crippen LogP contribution < -0.4 is 5.32 Å². The summed E-state index contributed by atoms with van der Waals surface area (Å²) in [6.07, 6.45) is 1.65. The third-order valence-electron chi connectivity index (χ3n) is 2.81. The van der Waals surface area contributed by atoms with Crippen LogP contribution in [-0.4, -0.2) is 21.4 Å². The third-order valence-corrected chi connectivity index (χ3v) is 4.54. The van der Waals surface area contributed by atoms with E-state index < -0.39 is 10.8 Å². The van der Waals surface area contributed by atoms with Crippen molar-refractivity contribution in [1.29, 1.82) is 0 Å². The minimum Gasteiger partial charge on any atom is -0.298 e. The first-order valence-corrected chi connectivity index (χ1v) is 8.64. The first-order valence-electron chi connectivity index (χ1n) is 6.10. The monoisotopic (exact) mass is 308 g/mol. The fraction of sp³-hybridized carbons (Fsp3) is 0.286. The van der Waals surface area contributed by atoms with Gasteiger partial charge in [0.2, 0.25) is 0 Å². The predicted octanol–water partition coefficient (Wildman–Crippen LogP) is 2.89. The lowest BCUT2D eigenvalue weighted by atomic mass is 10.1. The van der Waals surface area contributed by atoms with E-state index in [1.54, 1.807) is 24.5 Å². The quantitative estimate of drug-likeness (QED) is 0.945. The van der Waals surface area contributed by atoms with Gasteiger partial charge in [0.15, 0.2) is 5.13 Å². The summed E-state index contributed by atoms with van der Waals surface area (Å²) in [5.41, 5.74) is 2.38. The van der Waals surface area contributed by atoms with Gasteiger partial charge in [-0.1, -0.05) is 12.1 Å². The molecule has 0 aliphatic carbocycles. The molecule has 106 valence electrons. The topological polar surface area (TPSA) is 59.1 Å². The van der Waals surface area contributed by atoms with Crippen molar-refractivity contribution < 1.29 is 9.00 Å². The third kappa shape index (κ3) is 3.74. The molecule has 1 atom stereocenters. The van der Waals surface area contributed by atoms with E-state index in [1.165, 1.54) is 11.3 Å². The Balaban J connectivity index is 2.14. The fourth-order valence-corrected chi connectivity index (χ4v) is 3.19. The summed E-state index contributed by atoms with van der Waals surface area (Å²) in [5, 5.41) is 3.40. The smallest absolute Gasteiger partial charge is 0.257 e. The van der Waals surface area contributed by atoms with Crippen LogP contribution in [0, 0.1) is 13.8 Å². The molecular formula is C14H16N2O2S2. The Labute approximate surface area is 124 Å². The molecule has 1 unspecified atom stereocenters. The Kier molecular flexibility index (Phi) is 4.67. The van der Waals surface area contributed by atoms with Gasteiger partial charge in [-0.05, 0) is 31.5 Å². The van der Waals surface area contributed by atoms with E-state index in [0.29, 0.717) is 16.4 Å². The molecule has 4 nitrogen and oxygen atoms in total. The predicted molar refractivity (Wildman–Crippen MR) is 83.8 cm³/mol. The van der Waals surface area contributed by atoms with Crippen LogP contribution in [0.4, 0.5) is 5.13 Å². The van der Waals surface area contributed by atoms with Gasteiger partial charge in [0.25, 0.3) is 5.91 Å². The minimum absolute atomic E-state index is 0.192. The second-order valence-corrected chi connectivity index (χ2v) is 7.17. The zero-order chi connectivity index (χ0) is 14.7. The number of hydrogen-bond donors (Lipinski definition) is 1. The van der Waals surface area contributed by atoms with E-state index in [0.717, 1.165) is 16.1 Å². The number of carbonyl (C=O) groups is 1. The maximum absolute atomic E-state index is 12.2. The number of rotatable bonds is 4. The van der Waals surface area contributed by atoms with Crippen molar-refractivity contribution in [2.24, 2.45) is 0 Å². The van der Waals surface area contributed by atoms with Crippen molar-refractivity contribution >= 4 is 33.2 Å². The standard InChI is InChI=1S/C14H16N2O2S2/c1-9-10(2)19-14(15-9)16-13(17)12-6-4-5-11(7-12)8-20(3)18/h4-7H,8H2,1-3H3,(H,15,16,17). The summed E-state index contributed by atoms with van der Waals surface area (Å²) < 4.78 is 11.2. The van der Waals surface area contributed by atoms with Gasteiger partial charge < -0.3 is 0 Å². The molecule has 2 rings (SSSR count). The summed E-state index contributed by atoms with van der Waals surface area (Å²) in [5.74, 6) is 0.263. The molecule has 2 aromatic rings. The van der Waals surface area contributed by atoms with Crippen LogP contribution >= 0.6 is 11.3 Å². The van der Waals surface area contributed by atoms with Crippen molar-refractivity contribution in [2.75, 3.05) is 11.6 Å². The molecule has 0 bridgehead atoms.